The molecule has 1 aromatic heterocycles. The number of fused-ring (bicyclic) bond motifs is 3. The molecule has 2 aliphatic heterocycles. The molecule has 4 aromatic carbocycles. The highest BCUT2D eigenvalue weighted by Crippen LogP contribution is 2.53. The first-order valence-electron chi connectivity index (χ1n) is 13.3. The molecule has 0 spiro atoms. The zero-order valence-electron chi connectivity index (χ0n) is 22.2. The van der Waals surface area contributed by atoms with Gasteiger partial charge in [0.05, 0.1) is 0 Å². The van der Waals surface area contributed by atoms with E-state index in [1.54, 1.807) is 0 Å². The van der Waals surface area contributed by atoms with Crippen LogP contribution in [0, 0.1) is 13.8 Å². The number of furan rings is 1. The third kappa shape index (κ3) is 4.35. The lowest BCUT2D eigenvalue weighted by molar-refractivity contribution is 0.173. The predicted octanol–water partition coefficient (Wildman–Crippen LogP) is 9.27. The highest BCUT2D eigenvalue weighted by Gasteiger charge is 2.38. The summed E-state index contributed by atoms with van der Waals surface area (Å²) in [6, 6.07) is 30.6. The molecule has 0 radical (unpaired) electrons. The quantitative estimate of drug-likeness (QED) is 0.225. The fourth-order valence-corrected chi connectivity index (χ4v) is 5.82. The lowest BCUT2D eigenvalue weighted by atomic mass is 9.84. The van der Waals surface area contributed by atoms with Crippen molar-refractivity contribution < 1.29 is 18.6 Å². The highest BCUT2D eigenvalue weighted by atomic mass is 35.5. The standard InChI is InChI=1S/C35H27ClO4/c1-21-11-13-23(14-12-21)15-16-27-28-18-30-31(38-20-37-30)19-29(28)40-34(24-7-4-3-5-8-24)32-22(2)39-35(33(27)32)25-9-6-10-26(36)17-25/h3-19,27,34H,20H2,1-2H3/b16-15+/t27-,34+/m0/s1. The van der Waals surface area contributed by atoms with E-state index in [-0.39, 0.29) is 18.8 Å². The van der Waals surface area contributed by atoms with Gasteiger partial charge in [0.2, 0.25) is 6.79 Å². The monoisotopic (exact) mass is 546 g/mol. The van der Waals surface area contributed by atoms with Crippen LogP contribution in [0.3, 0.4) is 0 Å². The van der Waals surface area contributed by atoms with E-state index in [1.165, 1.54) is 5.56 Å². The van der Waals surface area contributed by atoms with Crippen LogP contribution < -0.4 is 14.2 Å². The van der Waals surface area contributed by atoms with Gasteiger partial charge in [-0.15, -0.1) is 0 Å². The molecule has 0 saturated carbocycles. The number of halogens is 1. The van der Waals surface area contributed by atoms with Crippen LogP contribution in [-0.4, -0.2) is 6.79 Å². The number of aryl methyl sites for hydroxylation is 2. The van der Waals surface area contributed by atoms with Crippen molar-refractivity contribution in [3.8, 4) is 28.6 Å². The van der Waals surface area contributed by atoms with Gasteiger partial charge in [0.25, 0.3) is 0 Å². The minimum Gasteiger partial charge on any atom is -0.480 e. The Morgan fingerprint density at radius 1 is 0.775 bits per heavy atom. The second-order valence-electron chi connectivity index (χ2n) is 10.2. The fraction of sp³-hybridized carbons (Fsp3) is 0.143. The molecule has 2 atom stereocenters. The summed E-state index contributed by atoms with van der Waals surface area (Å²) in [4.78, 5) is 0. The molecule has 0 saturated heterocycles. The molecule has 0 fully saturated rings. The van der Waals surface area contributed by atoms with E-state index in [1.807, 2.05) is 61.5 Å². The van der Waals surface area contributed by atoms with Crippen molar-refractivity contribution >= 4 is 17.7 Å². The Kier molecular flexibility index (Phi) is 6.13. The number of rotatable bonds is 4. The van der Waals surface area contributed by atoms with Crippen molar-refractivity contribution in [1.29, 1.82) is 0 Å². The molecule has 40 heavy (non-hydrogen) atoms. The van der Waals surface area contributed by atoms with E-state index in [4.69, 9.17) is 30.2 Å². The maximum Gasteiger partial charge on any atom is 0.231 e. The molecule has 0 bridgehead atoms. The van der Waals surface area contributed by atoms with Gasteiger partial charge < -0.3 is 18.6 Å². The average molecular weight is 547 g/mol. The van der Waals surface area contributed by atoms with Crippen LogP contribution in [0.25, 0.3) is 17.4 Å². The number of benzene rings is 4. The minimum absolute atomic E-state index is 0.189. The Labute approximate surface area is 238 Å². The smallest absolute Gasteiger partial charge is 0.231 e. The molecule has 0 N–H and O–H groups in total. The summed E-state index contributed by atoms with van der Waals surface area (Å²) < 4.78 is 25.1. The summed E-state index contributed by atoms with van der Waals surface area (Å²) in [6.45, 7) is 4.29. The zero-order chi connectivity index (χ0) is 27.2. The third-order valence-electron chi connectivity index (χ3n) is 7.57. The summed E-state index contributed by atoms with van der Waals surface area (Å²) in [5, 5.41) is 0.653. The molecule has 0 aliphatic carbocycles. The summed E-state index contributed by atoms with van der Waals surface area (Å²) >= 11 is 6.47. The van der Waals surface area contributed by atoms with Crippen molar-refractivity contribution in [3.63, 3.8) is 0 Å². The van der Waals surface area contributed by atoms with Gasteiger partial charge in [-0.25, -0.2) is 0 Å². The highest BCUT2D eigenvalue weighted by molar-refractivity contribution is 6.30. The predicted molar refractivity (Wildman–Crippen MR) is 157 cm³/mol. The first-order valence-corrected chi connectivity index (χ1v) is 13.7. The van der Waals surface area contributed by atoms with Gasteiger partial charge in [-0.05, 0) is 43.2 Å². The minimum atomic E-state index is -0.384. The number of hydrogen-bond donors (Lipinski definition) is 0. The van der Waals surface area contributed by atoms with Gasteiger partial charge in [-0.3, -0.25) is 0 Å². The Balaban J connectivity index is 1.51. The Bertz CT molecular complexity index is 1730. The van der Waals surface area contributed by atoms with Gasteiger partial charge in [0.1, 0.15) is 17.3 Å². The lowest BCUT2D eigenvalue weighted by Gasteiger charge is -2.19. The number of ether oxygens (including phenoxy) is 3. The van der Waals surface area contributed by atoms with E-state index in [9.17, 15) is 0 Å². The zero-order valence-corrected chi connectivity index (χ0v) is 22.9. The van der Waals surface area contributed by atoms with E-state index in [0.29, 0.717) is 16.5 Å². The van der Waals surface area contributed by atoms with Gasteiger partial charge in [-0.1, -0.05) is 96.0 Å². The van der Waals surface area contributed by atoms with Crippen molar-refractivity contribution in [2.24, 2.45) is 0 Å². The molecule has 7 rings (SSSR count). The summed E-state index contributed by atoms with van der Waals surface area (Å²) in [7, 11) is 0. The van der Waals surface area contributed by atoms with Crippen LogP contribution in [0.15, 0.2) is 101 Å². The SMILES string of the molecule is Cc1ccc(/C=C/[C@H]2c3cc4c(cc3O[C@H](c3ccccc3)c3c(C)oc(-c5cccc(Cl)c5)c32)OCO4)cc1. The Hall–Kier alpha value is -4.41. The molecule has 2 aliphatic rings. The maximum absolute atomic E-state index is 6.89. The van der Waals surface area contributed by atoms with E-state index < -0.39 is 0 Å². The number of hydrogen-bond acceptors (Lipinski definition) is 4. The second-order valence-corrected chi connectivity index (χ2v) is 10.7. The van der Waals surface area contributed by atoms with Crippen LogP contribution in [-0.2, 0) is 0 Å². The Morgan fingerprint density at radius 2 is 1.55 bits per heavy atom. The van der Waals surface area contributed by atoms with Crippen molar-refractivity contribution in [2.45, 2.75) is 25.9 Å². The average Bonchev–Trinajstić information content (AvgIpc) is 3.53. The topological polar surface area (TPSA) is 40.8 Å². The van der Waals surface area contributed by atoms with Crippen LogP contribution in [0.4, 0.5) is 0 Å². The van der Waals surface area contributed by atoms with Crippen molar-refractivity contribution in [3.05, 3.63) is 141 Å². The van der Waals surface area contributed by atoms with Gasteiger partial charge in [-0.2, -0.15) is 0 Å². The first-order chi connectivity index (χ1) is 19.5. The van der Waals surface area contributed by atoms with Gasteiger partial charge in [0.15, 0.2) is 17.6 Å². The largest absolute Gasteiger partial charge is 0.480 e. The molecule has 3 heterocycles. The maximum atomic E-state index is 6.89. The molecule has 4 nitrogen and oxygen atoms in total. The van der Waals surface area contributed by atoms with Crippen LogP contribution in [0.2, 0.25) is 5.02 Å². The number of allylic oxidation sites excluding steroid dienone is 1. The van der Waals surface area contributed by atoms with E-state index in [2.05, 4.69) is 55.5 Å². The van der Waals surface area contributed by atoms with Crippen LogP contribution in [0.5, 0.6) is 17.2 Å². The Morgan fingerprint density at radius 3 is 2.33 bits per heavy atom. The van der Waals surface area contributed by atoms with Crippen molar-refractivity contribution in [2.75, 3.05) is 6.79 Å². The first kappa shape index (κ1) is 24.6. The molecular formula is C35H27ClO4. The van der Waals surface area contributed by atoms with Crippen LogP contribution in [0.1, 0.15) is 51.2 Å². The van der Waals surface area contributed by atoms with Gasteiger partial charge >= 0.3 is 0 Å². The summed E-state index contributed by atoms with van der Waals surface area (Å²) in [6.07, 6.45) is 4.00. The summed E-state index contributed by atoms with van der Waals surface area (Å²) in [5.41, 5.74) is 7.34. The fourth-order valence-electron chi connectivity index (χ4n) is 5.63. The third-order valence-corrected chi connectivity index (χ3v) is 7.81. The van der Waals surface area contributed by atoms with Crippen LogP contribution >= 0.6 is 11.6 Å². The molecule has 0 amide bonds. The normalized spacial score (nSPS) is 17.3. The summed E-state index contributed by atoms with van der Waals surface area (Å²) in [5.74, 6) is 3.54. The van der Waals surface area contributed by atoms with E-state index >= 15 is 0 Å². The second kappa shape index (κ2) is 9.96. The molecule has 198 valence electrons. The molecule has 5 heteroatoms. The molecule has 0 unspecified atom stereocenters. The van der Waals surface area contributed by atoms with E-state index in [0.717, 1.165) is 50.7 Å². The lowest BCUT2D eigenvalue weighted by Crippen LogP contribution is -2.10. The van der Waals surface area contributed by atoms with Crippen molar-refractivity contribution in [1.82, 2.24) is 0 Å². The van der Waals surface area contributed by atoms with Gasteiger partial charge in [0, 0.05) is 39.3 Å². The molecule has 5 aromatic rings. The molecular weight excluding hydrogens is 520 g/mol.